The van der Waals surface area contributed by atoms with Gasteiger partial charge in [0.15, 0.2) is 0 Å². The summed E-state index contributed by atoms with van der Waals surface area (Å²) < 4.78 is 1.18. The van der Waals surface area contributed by atoms with Gasteiger partial charge in [-0.05, 0) is 59.1 Å². The zero-order chi connectivity index (χ0) is 13.0. The number of halogens is 1. The number of rotatable bonds is 5. The van der Waals surface area contributed by atoms with Crippen LogP contribution in [0.1, 0.15) is 23.4 Å². The first-order chi connectivity index (χ1) is 8.65. The van der Waals surface area contributed by atoms with Crippen LogP contribution in [0.4, 0.5) is 0 Å². The van der Waals surface area contributed by atoms with Crippen molar-refractivity contribution in [2.45, 2.75) is 19.4 Å². The molecule has 1 atom stereocenters. The minimum Gasteiger partial charge on any atom is -0.508 e. The highest BCUT2D eigenvalue weighted by Crippen LogP contribution is 2.22. The normalized spacial score (nSPS) is 12.6. The van der Waals surface area contributed by atoms with Crippen LogP contribution in [0.25, 0.3) is 0 Å². The molecule has 2 rings (SSSR count). The zero-order valence-electron chi connectivity index (χ0n) is 10.2. The third-order valence-corrected chi connectivity index (χ3v) is 4.50. The van der Waals surface area contributed by atoms with Gasteiger partial charge < -0.3 is 10.4 Å². The van der Waals surface area contributed by atoms with Crippen LogP contribution in [-0.2, 0) is 6.42 Å². The molecule has 0 aliphatic rings. The Morgan fingerprint density at radius 2 is 2.17 bits per heavy atom. The summed E-state index contributed by atoms with van der Waals surface area (Å²) in [5.74, 6) is 0.323. The molecule has 4 heteroatoms. The Morgan fingerprint density at radius 3 is 2.83 bits per heavy atom. The van der Waals surface area contributed by atoms with Gasteiger partial charge in [0, 0.05) is 17.5 Å². The SMILES string of the molecule is CC(NCCc1ccc(Br)s1)c1cccc(O)c1. The molecule has 18 heavy (non-hydrogen) atoms. The predicted molar refractivity (Wildman–Crippen MR) is 80.2 cm³/mol. The van der Waals surface area contributed by atoms with E-state index < -0.39 is 0 Å². The van der Waals surface area contributed by atoms with Crippen molar-refractivity contribution in [2.75, 3.05) is 6.54 Å². The molecule has 0 fully saturated rings. The summed E-state index contributed by atoms with van der Waals surface area (Å²) in [6.07, 6.45) is 1.03. The highest BCUT2D eigenvalue weighted by molar-refractivity contribution is 9.11. The highest BCUT2D eigenvalue weighted by Gasteiger charge is 2.05. The van der Waals surface area contributed by atoms with Crippen molar-refractivity contribution in [1.29, 1.82) is 0 Å². The Balaban J connectivity index is 1.83. The monoisotopic (exact) mass is 325 g/mol. The summed E-state index contributed by atoms with van der Waals surface area (Å²) in [5, 5.41) is 12.9. The first-order valence-electron chi connectivity index (χ1n) is 5.91. The molecular weight excluding hydrogens is 310 g/mol. The van der Waals surface area contributed by atoms with E-state index in [4.69, 9.17) is 0 Å². The number of hydrogen-bond acceptors (Lipinski definition) is 3. The third kappa shape index (κ3) is 3.83. The molecule has 0 amide bonds. The number of aromatic hydroxyl groups is 1. The largest absolute Gasteiger partial charge is 0.508 e. The fraction of sp³-hybridized carbons (Fsp3) is 0.286. The average Bonchev–Trinajstić information content (AvgIpc) is 2.75. The van der Waals surface area contributed by atoms with E-state index in [-0.39, 0.29) is 6.04 Å². The summed E-state index contributed by atoms with van der Waals surface area (Å²) in [6.45, 7) is 3.04. The van der Waals surface area contributed by atoms with Crippen molar-refractivity contribution in [3.8, 4) is 5.75 Å². The van der Waals surface area contributed by atoms with Crippen LogP contribution < -0.4 is 5.32 Å². The molecule has 0 saturated carbocycles. The molecule has 0 aliphatic carbocycles. The lowest BCUT2D eigenvalue weighted by atomic mass is 10.1. The number of phenols is 1. The molecule has 96 valence electrons. The topological polar surface area (TPSA) is 32.3 Å². The van der Waals surface area contributed by atoms with Crippen LogP contribution in [0.15, 0.2) is 40.2 Å². The molecule has 0 aliphatic heterocycles. The summed E-state index contributed by atoms with van der Waals surface area (Å²) in [7, 11) is 0. The van der Waals surface area contributed by atoms with Gasteiger partial charge in [0.1, 0.15) is 5.75 Å². The van der Waals surface area contributed by atoms with Crippen molar-refractivity contribution >= 4 is 27.3 Å². The number of thiophene rings is 1. The van der Waals surface area contributed by atoms with Crippen molar-refractivity contribution in [3.05, 3.63) is 50.6 Å². The standard InChI is InChI=1S/C14H16BrNOS/c1-10(11-3-2-4-12(17)9-11)16-8-7-13-5-6-14(15)18-13/h2-6,9-10,16-17H,7-8H2,1H3. The van der Waals surface area contributed by atoms with Crippen LogP contribution in [0.3, 0.4) is 0 Å². The molecular formula is C14H16BrNOS. The molecule has 2 aromatic rings. The zero-order valence-corrected chi connectivity index (χ0v) is 12.6. The molecule has 2 nitrogen and oxygen atoms in total. The maximum atomic E-state index is 9.44. The van der Waals surface area contributed by atoms with E-state index in [2.05, 4.69) is 40.3 Å². The maximum absolute atomic E-state index is 9.44. The number of phenolic OH excluding ortho intramolecular Hbond substituents is 1. The van der Waals surface area contributed by atoms with E-state index in [0.717, 1.165) is 18.5 Å². The second kappa shape index (κ2) is 6.36. The summed E-state index contributed by atoms with van der Waals surface area (Å²) in [5.41, 5.74) is 1.11. The van der Waals surface area contributed by atoms with Crippen LogP contribution in [0.2, 0.25) is 0 Å². The molecule has 0 spiro atoms. The van der Waals surface area contributed by atoms with Gasteiger partial charge in [0.25, 0.3) is 0 Å². The average molecular weight is 326 g/mol. The molecule has 1 aromatic carbocycles. The maximum Gasteiger partial charge on any atom is 0.115 e. The van der Waals surface area contributed by atoms with Crippen LogP contribution >= 0.6 is 27.3 Å². The van der Waals surface area contributed by atoms with Crippen molar-refractivity contribution in [2.24, 2.45) is 0 Å². The summed E-state index contributed by atoms with van der Waals surface area (Å²) in [4.78, 5) is 1.37. The minimum absolute atomic E-state index is 0.250. The lowest BCUT2D eigenvalue weighted by Gasteiger charge is -2.14. The molecule has 1 heterocycles. The van der Waals surface area contributed by atoms with E-state index in [1.807, 2.05) is 12.1 Å². The van der Waals surface area contributed by atoms with Gasteiger partial charge in [-0.2, -0.15) is 0 Å². The first-order valence-corrected chi connectivity index (χ1v) is 7.52. The second-order valence-corrected chi connectivity index (χ2v) is 6.77. The quantitative estimate of drug-likeness (QED) is 0.867. The van der Waals surface area contributed by atoms with E-state index in [1.165, 1.54) is 8.66 Å². The van der Waals surface area contributed by atoms with E-state index in [0.29, 0.717) is 5.75 Å². The second-order valence-electron chi connectivity index (χ2n) is 4.23. The fourth-order valence-corrected chi connectivity index (χ4v) is 3.29. The summed E-state index contributed by atoms with van der Waals surface area (Å²) in [6, 6.07) is 11.9. The smallest absolute Gasteiger partial charge is 0.115 e. The Labute approximate surface area is 120 Å². The molecule has 0 bridgehead atoms. The van der Waals surface area contributed by atoms with Crippen LogP contribution in [-0.4, -0.2) is 11.7 Å². The highest BCUT2D eigenvalue weighted by atomic mass is 79.9. The Morgan fingerprint density at radius 1 is 1.33 bits per heavy atom. The first kappa shape index (κ1) is 13.6. The molecule has 0 radical (unpaired) electrons. The third-order valence-electron chi connectivity index (χ3n) is 2.82. The van der Waals surface area contributed by atoms with Gasteiger partial charge in [-0.25, -0.2) is 0 Å². The lowest BCUT2D eigenvalue weighted by Crippen LogP contribution is -2.21. The predicted octanol–water partition coefficient (Wildman–Crippen LogP) is 4.11. The van der Waals surface area contributed by atoms with Crippen LogP contribution in [0, 0.1) is 0 Å². The van der Waals surface area contributed by atoms with Crippen molar-refractivity contribution in [3.63, 3.8) is 0 Å². The summed E-state index contributed by atoms with van der Waals surface area (Å²) >= 11 is 5.24. The molecule has 1 unspecified atom stereocenters. The number of benzene rings is 1. The van der Waals surface area contributed by atoms with Gasteiger partial charge in [-0.1, -0.05) is 12.1 Å². The number of hydrogen-bond donors (Lipinski definition) is 2. The molecule has 1 aromatic heterocycles. The Kier molecular flexibility index (Phi) is 4.80. The van der Waals surface area contributed by atoms with Crippen LogP contribution in [0.5, 0.6) is 5.75 Å². The Hall–Kier alpha value is -0.840. The molecule has 2 N–H and O–H groups in total. The van der Waals surface area contributed by atoms with E-state index >= 15 is 0 Å². The lowest BCUT2D eigenvalue weighted by molar-refractivity contribution is 0.472. The number of nitrogens with one attached hydrogen (secondary N) is 1. The van der Waals surface area contributed by atoms with Gasteiger partial charge in [-0.3, -0.25) is 0 Å². The van der Waals surface area contributed by atoms with Gasteiger partial charge in [-0.15, -0.1) is 11.3 Å². The van der Waals surface area contributed by atoms with Crippen molar-refractivity contribution < 1.29 is 5.11 Å². The van der Waals surface area contributed by atoms with Gasteiger partial charge in [0.2, 0.25) is 0 Å². The molecule has 0 saturated heterocycles. The van der Waals surface area contributed by atoms with E-state index in [9.17, 15) is 5.11 Å². The Bertz CT molecular complexity index is 512. The van der Waals surface area contributed by atoms with E-state index in [1.54, 1.807) is 23.5 Å². The van der Waals surface area contributed by atoms with Gasteiger partial charge in [0.05, 0.1) is 3.79 Å². The fourth-order valence-electron chi connectivity index (χ4n) is 1.81. The minimum atomic E-state index is 0.250. The van der Waals surface area contributed by atoms with Crippen molar-refractivity contribution in [1.82, 2.24) is 5.32 Å². The van der Waals surface area contributed by atoms with Gasteiger partial charge >= 0.3 is 0 Å².